The third kappa shape index (κ3) is 4.22. The number of aromatic nitrogens is 2. The first-order valence-electron chi connectivity index (χ1n) is 9.76. The minimum atomic E-state index is -0.343. The molecule has 2 N–H and O–H groups in total. The summed E-state index contributed by atoms with van der Waals surface area (Å²) in [4.78, 5) is 19.8. The minimum absolute atomic E-state index is 0.102. The number of halogens is 2. The summed E-state index contributed by atoms with van der Waals surface area (Å²) < 4.78 is 27.3. The molecule has 4 nitrogen and oxygen atoms in total. The number of carbonyl (C=O) groups excluding carboxylic acids is 1. The van der Waals surface area contributed by atoms with Crippen molar-refractivity contribution in [3.05, 3.63) is 89.8 Å². The van der Waals surface area contributed by atoms with E-state index in [4.69, 9.17) is 0 Å². The Morgan fingerprint density at radius 3 is 2.47 bits per heavy atom. The normalized spacial score (nSPS) is 12.1. The van der Waals surface area contributed by atoms with Gasteiger partial charge in [-0.2, -0.15) is 0 Å². The maximum Gasteiger partial charge on any atom is 0.220 e. The Balaban J connectivity index is 1.58. The standard InChI is InChI=1S/C24H21F2N3O/c1-15(16-10-12-27-13-11-16)28-23(30)9-7-20-21-14-19(26)6-8-22(21)29-24(20)17-2-4-18(25)5-3-17/h2-6,8,10-15,29H,7,9H2,1H3,(H,28,30). The maximum atomic E-state index is 13.9. The van der Waals surface area contributed by atoms with Gasteiger partial charge in [0.05, 0.1) is 6.04 Å². The van der Waals surface area contributed by atoms with Crippen LogP contribution in [-0.4, -0.2) is 15.9 Å². The predicted molar refractivity (Wildman–Crippen MR) is 113 cm³/mol. The summed E-state index contributed by atoms with van der Waals surface area (Å²) in [5, 5.41) is 3.71. The molecular weight excluding hydrogens is 384 g/mol. The maximum absolute atomic E-state index is 13.9. The van der Waals surface area contributed by atoms with Crippen molar-refractivity contribution < 1.29 is 13.6 Å². The van der Waals surface area contributed by atoms with Crippen molar-refractivity contribution in [3.63, 3.8) is 0 Å². The van der Waals surface area contributed by atoms with Crippen molar-refractivity contribution in [2.75, 3.05) is 0 Å². The number of aromatic amines is 1. The van der Waals surface area contributed by atoms with Gasteiger partial charge in [-0.3, -0.25) is 9.78 Å². The van der Waals surface area contributed by atoms with E-state index in [-0.39, 0.29) is 30.0 Å². The van der Waals surface area contributed by atoms with E-state index >= 15 is 0 Å². The van der Waals surface area contributed by atoms with Crippen LogP contribution in [0.1, 0.15) is 30.5 Å². The summed E-state index contributed by atoms with van der Waals surface area (Å²) >= 11 is 0. The lowest BCUT2D eigenvalue weighted by atomic mass is 10.0. The second-order valence-electron chi connectivity index (χ2n) is 7.25. The lowest BCUT2D eigenvalue weighted by molar-refractivity contribution is -0.121. The Bertz CT molecular complexity index is 1170. The monoisotopic (exact) mass is 405 g/mol. The predicted octanol–water partition coefficient (Wildman–Crippen LogP) is 5.32. The smallest absolute Gasteiger partial charge is 0.220 e. The van der Waals surface area contributed by atoms with Crippen LogP contribution < -0.4 is 5.32 Å². The van der Waals surface area contributed by atoms with Crippen LogP contribution in [0.4, 0.5) is 8.78 Å². The van der Waals surface area contributed by atoms with Crippen LogP contribution in [0.25, 0.3) is 22.2 Å². The van der Waals surface area contributed by atoms with Gasteiger partial charge in [0.2, 0.25) is 5.91 Å². The van der Waals surface area contributed by atoms with Crippen LogP contribution in [0.2, 0.25) is 0 Å². The summed E-state index contributed by atoms with van der Waals surface area (Å²) in [5.41, 5.74) is 4.14. The van der Waals surface area contributed by atoms with Gasteiger partial charge in [0, 0.05) is 35.4 Å². The molecule has 1 amide bonds. The molecular formula is C24H21F2N3O. The lowest BCUT2D eigenvalue weighted by Gasteiger charge is -2.14. The topological polar surface area (TPSA) is 57.8 Å². The first kappa shape index (κ1) is 19.8. The Morgan fingerprint density at radius 1 is 1.03 bits per heavy atom. The number of benzene rings is 2. The van der Waals surface area contributed by atoms with Crippen molar-refractivity contribution in [1.82, 2.24) is 15.3 Å². The molecule has 0 radical (unpaired) electrons. The molecule has 0 aliphatic heterocycles. The molecule has 4 rings (SSSR count). The van der Waals surface area contributed by atoms with E-state index in [2.05, 4.69) is 15.3 Å². The molecule has 30 heavy (non-hydrogen) atoms. The van der Waals surface area contributed by atoms with E-state index in [0.29, 0.717) is 6.42 Å². The third-order valence-corrected chi connectivity index (χ3v) is 5.19. The van der Waals surface area contributed by atoms with Crippen molar-refractivity contribution in [2.24, 2.45) is 0 Å². The second-order valence-corrected chi connectivity index (χ2v) is 7.25. The van der Waals surface area contributed by atoms with Gasteiger partial charge in [-0.15, -0.1) is 0 Å². The van der Waals surface area contributed by atoms with E-state index in [0.717, 1.165) is 33.3 Å². The molecule has 2 heterocycles. The highest BCUT2D eigenvalue weighted by atomic mass is 19.1. The lowest BCUT2D eigenvalue weighted by Crippen LogP contribution is -2.26. The molecule has 0 saturated carbocycles. The number of hydrogen-bond acceptors (Lipinski definition) is 2. The number of amides is 1. The molecule has 0 aliphatic carbocycles. The van der Waals surface area contributed by atoms with Gasteiger partial charge in [-0.1, -0.05) is 0 Å². The number of carbonyl (C=O) groups is 1. The molecule has 1 atom stereocenters. The highest BCUT2D eigenvalue weighted by Crippen LogP contribution is 2.32. The third-order valence-electron chi connectivity index (χ3n) is 5.19. The van der Waals surface area contributed by atoms with E-state index < -0.39 is 0 Å². The van der Waals surface area contributed by atoms with Gasteiger partial charge >= 0.3 is 0 Å². The van der Waals surface area contributed by atoms with Crippen LogP contribution >= 0.6 is 0 Å². The summed E-state index contributed by atoms with van der Waals surface area (Å²) in [5.74, 6) is -0.772. The highest BCUT2D eigenvalue weighted by Gasteiger charge is 2.16. The van der Waals surface area contributed by atoms with Crippen molar-refractivity contribution in [3.8, 4) is 11.3 Å². The quantitative estimate of drug-likeness (QED) is 0.456. The van der Waals surface area contributed by atoms with Crippen LogP contribution in [-0.2, 0) is 11.2 Å². The number of H-pyrrole nitrogens is 1. The summed E-state index contributed by atoms with van der Waals surface area (Å²) in [6.07, 6.45) is 4.04. The van der Waals surface area contributed by atoms with Crippen molar-refractivity contribution in [2.45, 2.75) is 25.8 Å². The SMILES string of the molecule is CC(NC(=O)CCc1c(-c2ccc(F)cc2)[nH]c2ccc(F)cc12)c1ccncc1. The Labute approximate surface area is 173 Å². The summed E-state index contributed by atoms with van der Waals surface area (Å²) in [6.45, 7) is 1.91. The van der Waals surface area contributed by atoms with Crippen molar-refractivity contribution >= 4 is 16.8 Å². The van der Waals surface area contributed by atoms with Crippen LogP contribution in [0, 0.1) is 11.6 Å². The summed E-state index contributed by atoms with van der Waals surface area (Å²) in [6, 6.07) is 14.2. The Kier molecular flexibility index (Phi) is 5.57. The Hall–Kier alpha value is -3.54. The highest BCUT2D eigenvalue weighted by molar-refractivity contribution is 5.91. The number of fused-ring (bicyclic) bond motifs is 1. The molecule has 0 fully saturated rings. The van der Waals surface area contributed by atoms with Crippen LogP contribution in [0.5, 0.6) is 0 Å². The molecule has 0 saturated heterocycles. The fourth-order valence-corrected chi connectivity index (χ4v) is 3.63. The van der Waals surface area contributed by atoms with Gasteiger partial charge in [-0.25, -0.2) is 8.78 Å². The number of nitrogens with zero attached hydrogens (tertiary/aromatic N) is 1. The number of rotatable bonds is 6. The van der Waals surface area contributed by atoms with E-state index in [1.165, 1.54) is 24.3 Å². The van der Waals surface area contributed by atoms with Gasteiger partial charge in [0.15, 0.2) is 0 Å². The van der Waals surface area contributed by atoms with Gasteiger partial charge in [0.25, 0.3) is 0 Å². The molecule has 0 aliphatic rings. The van der Waals surface area contributed by atoms with E-state index in [1.54, 1.807) is 30.6 Å². The minimum Gasteiger partial charge on any atom is -0.354 e. The first-order valence-corrected chi connectivity index (χ1v) is 9.76. The number of hydrogen-bond donors (Lipinski definition) is 2. The zero-order valence-electron chi connectivity index (χ0n) is 16.5. The average molecular weight is 405 g/mol. The Morgan fingerprint density at radius 2 is 1.73 bits per heavy atom. The molecule has 0 spiro atoms. The molecule has 2 aromatic carbocycles. The molecule has 0 bridgehead atoms. The number of aryl methyl sites for hydroxylation is 1. The van der Waals surface area contributed by atoms with E-state index in [9.17, 15) is 13.6 Å². The molecule has 152 valence electrons. The first-order chi connectivity index (χ1) is 14.5. The zero-order chi connectivity index (χ0) is 21.1. The van der Waals surface area contributed by atoms with Gasteiger partial charge < -0.3 is 10.3 Å². The molecule has 2 aromatic heterocycles. The molecule has 1 unspecified atom stereocenters. The van der Waals surface area contributed by atoms with Gasteiger partial charge in [0.1, 0.15) is 11.6 Å². The second kappa shape index (κ2) is 8.45. The average Bonchev–Trinajstić information content (AvgIpc) is 3.11. The summed E-state index contributed by atoms with van der Waals surface area (Å²) in [7, 11) is 0. The molecule has 6 heteroatoms. The van der Waals surface area contributed by atoms with Gasteiger partial charge in [-0.05, 0) is 84.6 Å². The fraction of sp³-hybridized carbons (Fsp3) is 0.167. The molecule has 4 aromatic rings. The van der Waals surface area contributed by atoms with Crippen LogP contribution in [0.15, 0.2) is 67.0 Å². The number of nitrogens with one attached hydrogen (secondary N) is 2. The fourth-order valence-electron chi connectivity index (χ4n) is 3.63. The van der Waals surface area contributed by atoms with E-state index in [1.807, 2.05) is 19.1 Å². The zero-order valence-corrected chi connectivity index (χ0v) is 16.5. The largest absolute Gasteiger partial charge is 0.354 e. The van der Waals surface area contributed by atoms with Crippen LogP contribution in [0.3, 0.4) is 0 Å². The van der Waals surface area contributed by atoms with Crippen molar-refractivity contribution in [1.29, 1.82) is 0 Å². The number of pyridine rings is 1.